The molecule has 0 radical (unpaired) electrons. The summed E-state index contributed by atoms with van der Waals surface area (Å²) in [6.07, 6.45) is 5.11. The Balaban J connectivity index is 2.34. The van der Waals surface area contributed by atoms with E-state index in [1.54, 1.807) is 6.92 Å². The molecule has 0 spiro atoms. The zero-order chi connectivity index (χ0) is 21.8. The van der Waals surface area contributed by atoms with Crippen LogP contribution in [0.15, 0.2) is 12.2 Å². The van der Waals surface area contributed by atoms with E-state index in [4.69, 9.17) is 0 Å². The van der Waals surface area contributed by atoms with Gasteiger partial charge in [0.15, 0.2) is 0 Å². The van der Waals surface area contributed by atoms with Crippen LogP contribution in [0.25, 0.3) is 0 Å². The van der Waals surface area contributed by atoms with E-state index < -0.39 is 6.04 Å². The van der Waals surface area contributed by atoms with Crippen molar-refractivity contribution in [3.05, 3.63) is 12.2 Å². The highest BCUT2D eigenvalue weighted by atomic mass is 16.2. The lowest BCUT2D eigenvalue weighted by molar-refractivity contribution is -0.137. The van der Waals surface area contributed by atoms with Gasteiger partial charge in [0.2, 0.25) is 17.7 Å². The molecule has 29 heavy (non-hydrogen) atoms. The summed E-state index contributed by atoms with van der Waals surface area (Å²) in [5.74, 6) is -1.30. The lowest BCUT2D eigenvalue weighted by atomic mass is 10.0. The fraction of sp³-hybridized carbons (Fsp3) is 0.650. The topological polar surface area (TPSA) is 125 Å². The number of nitrogens with one attached hydrogen (secondary N) is 3. The Morgan fingerprint density at radius 3 is 2.21 bits per heavy atom. The lowest BCUT2D eigenvalue weighted by Crippen LogP contribution is -2.49. The zero-order valence-electron chi connectivity index (χ0n) is 17.5. The molecule has 1 atom stereocenters. The lowest BCUT2D eigenvalue weighted by Gasteiger charge is -2.20. The van der Waals surface area contributed by atoms with E-state index in [2.05, 4.69) is 16.0 Å². The monoisotopic (exact) mass is 408 g/mol. The van der Waals surface area contributed by atoms with Gasteiger partial charge in [-0.15, -0.1) is 0 Å². The first-order chi connectivity index (χ1) is 13.7. The average Bonchev–Trinajstić information content (AvgIpc) is 2.97. The molecule has 5 amide bonds. The summed E-state index contributed by atoms with van der Waals surface area (Å²) in [6, 6.07) is -0.692. The first-order valence-corrected chi connectivity index (χ1v) is 10.1. The van der Waals surface area contributed by atoms with Crippen LogP contribution >= 0.6 is 0 Å². The van der Waals surface area contributed by atoms with E-state index in [-0.39, 0.29) is 48.4 Å². The third kappa shape index (κ3) is 9.36. The molecule has 3 N–H and O–H groups in total. The SMILES string of the molecule is CCNC(=O)CNC(=O)C(CC(C)C)NC(=O)CCCCCN1C(=O)C=CC1=O. The number of likely N-dealkylation sites (N-methyl/N-ethyl adjacent to an activating group) is 1. The maximum Gasteiger partial charge on any atom is 0.253 e. The highest BCUT2D eigenvalue weighted by Gasteiger charge is 2.23. The predicted octanol–water partition coefficient (Wildman–Crippen LogP) is 0.255. The van der Waals surface area contributed by atoms with Crippen LogP contribution in [-0.4, -0.2) is 60.1 Å². The van der Waals surface area contributed by atoms with Crippen LogP contribution in [0.2, 0.25) is 0 Å². The van der Waals surface area contributed by atoms with Gasteiger partial charge in [0, 0.05) is 31.7 Å². The van der Waals surface area contributed by atoms with Gasteiger partial charge in [-0.1, -0.05) is 20.3 Å². The number of carbonyl (C=O) groups excluding carboxylic acids is 5. The molecule has 0 saturated carbocycles. The van der Waals surface area contributed by atoms with Gasteiger partial charge >= 0.3 is 0 Å². The Morgan fingerprint density at radius 1 is 0.966 bits per heavy atom. The highest BCUT2D eigenvalue weighted by molar-refractivity contribution is 6.12. The summed E-state index contributed by atoms with van der Waals surface area (Å²) in [5, 5.41) is 7.89. The van der Waals surface area contributed by atoms with Gasteiger partial charge < -0.3 is 16.0 Å². The number of imide groups is 1. The Bertz CT molecular complexity index is 627. The third-order valence-corrected chi connectivity index (χ3v) is 4.34. The molecule has 0 fully saturated rings. The molecule has 0 aliphatic carbocycles. The fourth-order valence-electron chi connectivity index (χ4n) is 2.90. The van der Waals surface area contributed by atoms with Crippen molar-refractivity contribution in [3.8, 4) is 0 Å². The smallest absolute Gasteiger partial charge is 0.253 e. The van der Waals surface area contributed by atoms with E-state index in [1.807, 2.05) is 13.8 Å². The number of carbonyl (C=O) groups is 5. The van der Waals surface area contributed by atoms with Gasteiger partial charge in [0.05, 0.1) is 6.54 Å². The van der Waals surface area contributed by atoms with Gasteiger partial charge in [-0.05, 0) is 32.1 Å². The number of amides is 5. The van der Waals surface area contributed by atoms with Crippen LogP contribution in [-0.2, 0) is 24.0 Å². The normalized spacial score (nSPS) is 14.3. The van der Waals surface area contributed by atoms with Crippen molar-refractivity contribution >= 4 is 29.5 Å². The molecule has 162 valence electrons. The van der Waals surface area contributed by atoms with Gasteiger partial charge in [-0.25, -0.2) is 0 Å². The number of nitrogens with zero attached hydrogens (tertiary/aromatic N) is 1. The Morgan fingerprint density at radius 2 is 1.62 bits per heavy atom. The molecule has 0 aromatic rings. The Labute approximate surface area is 171 Å². The summed E-state index contributed by atoms with van der Waals surface area (Å²) < 4.78 is 0. The molecule has 1 unspecified atom stereocenters. The van der Waals surface area contributed by atoms with Crippen LogP contribution in [0.3, 0.4) is 0 Å². The summed E-state index contributed by atoms with van der Waals surface area (Å²) in [5.41, 5.74) is 0. The second kappa shape index (κ2) is 12.7. The molecule has 0 bridgehead atoms. The summed E-state index contributed by atoms with van der Waals surface area (Å²) in [6.45, 7) is 6.39. The molecule has 1 heterocycles. The van der Waals surface area contributed by atoms with Crippen LogP contribution in [0, 0.1) is 5.92 Å². The van der Waals surface area contributed by atoms with Crippen LogP contribution in [0.4, 0.5) is 0 Å². The number of unbranched alkanes of at least 4 members (excludes halogenated alkanes) is 2. The van der Waals surface area contributed by atoms with Crippen molar-refractivity contribution in [3.63, 3.8) is 0 Å². The largest absolute Gasteiger partial charge is 0.355 e. The maximum absolute atomic E-state index is 12.3. The minimum absolute atomic E-state index is 0.125. The minimum atomic E-state index is -0.692. The molecule has 0 aromatic carbocycles. The molecular formula is C20H32N4O5. The van der Waals surface area contributed by atoms with Gasteiger partial charge in [-0.3, -0.25) is 28.9 Å². The summed E-state index contributed by atoms with van der Waals surface area (Å²) in [4.78, 5) is 60.1. The van der Waals surface area contributed by atoms with Crippen molar-refractivity contribution in [1.82, 2.24) is 20.9 Å². The summed E-state index contributed by atoms with van der Waals surface area (Å²) >= 11 is 0. The first-order valence-electron chi connectivity index (χ1n) is 10.1. The summed E-state index contributed by atoms with van der Waals surface area (Å²) in [7, 11) is 0. The van der Waals surface area contributed by atoms with Gasteiger partial charge in [-0.2, -0.15) is 0 Å². The van der Waals surface area contributed by atoms with E-state index in [0.29, 0.717) is 38.8 Å². The van der Waals surface area contributed by atoms with E-state index in [0.717, 1.165) is 0 Å². The quantitative estimate of drug-likeness (QED) is 0.298. The Kier molecular flexibility index (Phi) is 10.6. The van der Waals surface area contributed by atoms with Crippen molar-refractivity contribution < 1.29 is 24.0 Å². The standard InChI is InChI=1S/C20H32N4O5/c1-4-21-17(26)13-22-20(29)15(12-14(2)3)23-16(25)8-6-5-7-11-24-18(27)9-10-19(24)28/h9-10,14-15H,4-8,11-13H2,1-3H3,(H,21,26)(H,22,29)(H,23,25). The van der Waals surface area contributed by atoms with Crippen molar-refractivity contribution in [2.75, 3.05) is 19.6 Å². The molecular weight excluding hydrogens is 376 g/mol. The van der Waals surface area contributed by atoms with E-state index >= 15 is 0 Å². The molecule has 1 aliphatic heterocycles. The van der Waals surface area contributed by atoms with Crippen LogP contribution in [0.1, 0.15) is 52.9 Å². The molecule has 9 heteroatoms. The fourth-order valence-corrected chi connectivity index (χ4v) is 2.90. The second-order valence-electron chi connectivity index (χ2n) is 7.39. The molecule has 0 aromatic heterocycles. The maximum atomic E-state index is 12.3. The van der Waals surface area contributed by atoms with Crippen molar-refractivity contribution in [2.45, 2.75) is 58.9 Å². The predicted molar refractivity (Wildman–Crippen MR) is 107 cm³/mol. The minimum Gasteiger partial charge on any atom is -0.355 e. The van der Waals surface area contributed by atoms with E-state index in [9.17, 15) is 24.0 Å². The average molecular weight is 408 g/mol. The molecule has 9 nitrogen and oxygen atoms in total. The Hall–Kier alpha value is -2.71. The van der Waals surface area contributed by atoms with Gasteiger partial charge in [0.1, 0.15) is 6.04 Å². The van der Waals surface area contributed by atoms with Crippen LogP contribution < -0.4 is 16.0 Å². The van der Waals surface area contributed by atoms with E-state index in [1.165, 1.54) is 17.1 Å². The zero-order valence-corrected chi connectivity index (χ0v) is 17.5. The molecule has 1 rings (SSSR count). The first kappa shape index (κ1) is 24.3. The third-order valence-electron chi connectivity index (χ3n) is 4.34. The molecule has 0 saturated heterocycles. The van der Waals surface area contributed by atoms with Crippen LogP contribution in [0.5, 0.6) is 0 Å². The van der Waals surface area contributed by atoms with Crippen molar-refractivity contribution in [1.29, 1.82) is 0 Å². The highest BCUT2D eigenvalue weighted by Crippen LogP contribution is 2.09. The number of hydrogen-bond donors (Lipinski definition) is 3. The number of rotatable bonds is 13. The van der Waals surface area contributed by atoms with Crippen molar-refractivity contribution in [2.24, 2.45) is 5.92 Å². The second-order valence-corrected chi connectivity index (χ2v) is 7.39. The number of hydrogen-bond acceptors (Lipinski definition) is 5. The van der Waals surface area contributed by atoms with Gasteiger partial charge in [0.25, 0.3) is 11.8 Å². The molecule has 1 aliphatic rings.